The van der Waals surface area contributed by atoms with Crippen LogP contribution in [0.5, 0.6) is 0 Å². The van der Waals surface area contributed by atoms with Crippen molar-refractivity contribution in [1.29, 1.82) is 0 Å². The molecule has 0 bridgehead atoms. The lowest BCUT2D eigenvalue weighted by molar-refractivity contribution is 1.16. The Morgan fingerprint density at radius 3 is 1.85 bits per heavy atom. The highest BCUT2D eigenvalue weighted by Gasteiger charge is 2.33. The lowest BCUT2D eigenvalue weighted by atomic mass is 9.32. The van der Waals surface area contributed by atoms with Crippen LogP contribution in [0, 0.1) is 27.7 Å². The van der Waals surface area contributed by atoms with Crippen molar-refractivity contribution in [1.82, 2.24) is 9.38 Å². The molecule has 0 spiro atoms. The van der Waals surface area contributed by atoms with E-state index in [0.717, 1.165) is 23.1 Å². The molecule has 0 N–H and O–H groups in total. The van der Waals surface area contributed by atoms with Crippen LogP contribution >= 0.6 is 11.3 Å². The summed E-state index contributed by atoms with van der Waals surface area (Å²) in [6.07, 6.45) is 0.995. The van der Waals surface area contributed by atoms with E-state index in [2.05, 4.69) is 159 Å². The molecule has 0 saturated heterocycles. The smallest absolute Gasteiger partial charge is 0.242 e. The predicted octanol–water partition coefficient (Wildman–Crippen LogP) is 10.5. The van der Waals surface area contributed by atoms with Gasteiger partial charge in [0, 0.05) is 15.5 Å². The van der Waals surface area contributed by atoms with Crippen LogP contribution in [0.4, 0.5) is 0 Å². The summed E-state index contributed by atoms with van der Waals surface area (Å²) in [6, 6.07) is 48.1. The van der Waals surface area contributed by atoms with Gasteiger partial charge in [0.25, 0.3) is 0 Å². The molecule has 3 aromatic heterocycles. The van der Waals surface area contributed by atoms with Crippen molar-refractivity contribution in [3.8, 4) is 11.3 Å². The number of hydrogen-bond donors (Lipinski definition) is 0. The molecule has 246 valence electrons. The van der Waals surface area contributed by atoms with E-state index in [-0.39, 0.29) is 6.71 Å². The number of fused-ring (bicyclic) bond motifs is 11. The van der Waals surface area contributed by atoms with Crippen LogP contribution in [0.1, 0.15) is 33.4 Å². The van der Waals surface area contributed by atoms with Gasteiger partial charge in [-0.2, -0.15) is 0 Å². The maximum Gasteiger partial charge on any atom is 0.242 e. The van der Waals surface area contributed by atoms with Crippen molar-refractivity contribution < 1.29 is 0 Å². The van der Waals surface area contributed by atoms with Gasteiger partial charge in [-0.1, -0.05) is 136 Å². The van der Waals surface area contributed by atoms with Gasteiger partial charge in [-0.15, -0.1) is 11.3 Å². The second-order valence-electron chi connectivity index (χ2n) is 15.1. The summed E-state index contributed by atoms with van der Waals surface area (Å²) in [5.41, 5.74) is 18.2. The Bertz CT molecular complexity index is 3090. The predicted molar refractivity (Wildman–Crippen MR) is 225 cm³/mol. The zero-order valence-electron chi connectivity index (χ0n) is 29.7. The van der Waals surface area contributed by atoms with Crippen molar-refractivity contribution in [2.45, 2.75) is 34.1 Å². The average Bonchev–Trinajstić information content (AvgIpc) is 3.69. The van der Waals surface area contributed by atoms with Gasteiger partial charge in [0.1, 0.15) is 0 Å². The average molecular weight is 683 g/mol. The molecule has 0 fully saturated rings. The summed E-state index contributed by atoms with van der Waals surface area (Å²) in [7, 11) is 0. The normalized spacial score (nSPS) is 12.9. The first kappa shape index (κ1) is 30.0. The highest BCUT2D eigenvalue weighted by molar-refractivity contribution is 7.26. The molecule has 4 heterocycles. The van der Waals surface area contributed by atoms with E-state index >= 15 is 0 Å². The molecular weight excluding hydrogens is 647 g/mol. The van der Waals surface area contributed by atoms with Crippen molar-refractivity contribution in [3.05, 3.63) is 161 Å². The number of aryl methyl sites for hydroxylation is 4. The third kappa shape index (κ3) is 4.34. The maximum atomic E-state index is 5.39. The highest BCUT2D eigenvalue weighted by atomic mass is 32.1. The third-order valence-electron chi connectivity index (χ3n) is 11.6. The van der Waals surface area contributed by atoms with Gasteiger partial charge in [0.2, 0.25) is 6.71 Å². The Morgan fingerprint density at radius 2 is 1.19 bits per heavy atom. The first-order chi connectivity index (χ1) is 25.4. The molecule has 1 aliphatic heterocycles. The summed E-state index contributed by atoms with van der Waals surface area (Å²) in [5, 5.41) is 7.55. The second kappa shape index (κ2) is 10.9. The summed E-state index contributed by atoms with van der Waals surface area (Å²) < 4.78 is 4.95. The summed E-state index contributed by atoms with van der Waals surface area (Å²) in [5.74, 6) is 0. The SMILES string of the molecule is Cc1cc(C)c2c(c1)Cc1cc(C)cc(C)c1B2c1ccc(-c2cc3c4cc5ccccc5cc4sc3c3nc4cc5ccccc5cc4n23)cc1. The molecule has 0 amide bonds. The Morgan fingerprint density at radius 1 is 0.596 bits per heavy atom. The zero-order valence-corrected chi connectivity index (χ0v) is 30.5. The summed E-state index contributed by atoms with van der Waals surface area (Å²) >= 11 is 1.86. The van der Waals surface area contributed by atoms with Gasteiger partial charge < -0.3 is 0 Å². The number of rotatable bonds is 2. The molecule has 0 atom stereocenters. The molecule has 52 heavy (non-hydrogen) atoms. The fraction of sp³-hybridized carbons (Fsp3) is 0.104. The number of hydrogen-bond acceptors (Lipinski definition) is 2. The van der Waals surface area contributed by atoms with Crippen molar-refractivity contribution in [3.63, 3.8) is 0 Å². The number of pyridine rings is 1. The monoisotopic (exact) mass is 682 g/mol. The van der Waals surface area contributed by atoms with E-state index in [1.54, 1.807) is 0 Å². The largest absolute Gasteiger partial charge is 0.291 e. The topological polar surface area (TPSA) is 17.3 Å². The van der Waals surface area contributed by atoms with E-state index in [1.165, 1.54) is 103 Å². The third-order valence-corrected chi connectivity index (χ3v) is 12.7. The van der Waals surface area contributed by atoms with Gasteiger partial charge in [-0.3, -0.25) is 4.40 Å². The number of thiophene rings is 1. The summed E-state index contributed by atoms with van der Waals surface area (Å²) in [6.45, 7) is 9.26. The van der Waals surface area contributed by atoms with Crippen LogP contribution in [0.3, 0.4) is 0 Å². The molecule has 0 unspecified atom stereocenters. The Balaban J connectivity index is 1.17. The van der Waals surface area contributed by atoms with Crippen LogP contribution in [0.25, 0.3) is 69.7 Å². The Labute approximate surface area is 307 Å². The highest BCUT2D eigenvalue weighted by Crippen LogP contribution is 2.42. The van der Waals surface area contributed by atoms with E-state index < -0.39 is 0 Å². The summed E-state index contributed by atoms with van der Waals surface area (Å²) in [4.78, 5) is 5.39. The van der Waals surface area contributed by atoms with Crippen LogP contribution < -0.4 is 16.4 Å². The number of aromatic nitrogens is 2. The van der Waals surface area contributed by atoms with Gasteiger partial charge in [-0.25, -0.2) is 4.98 Å². The fourth-order valence-electron chi connectivity index (χ4n) is 9.47. The standard InChI is InChI=1S/C48H35BN2S/c1-27-17-29(3)45-36(19-27)21-37-20-28(2)18-30(4)46(37)49(45)38-15-13-31(14-16-38)42-26-40-39-22-32-9-5-8-12-35(32)25-44(39)52-47(40)48-50-41-23-33-10-6-7-11-34(33)24-43(41)51(42)48/h5-20,22-26H,21H2,1-4H3. The Hall–Kier alpha value is -5.71. The minimum atomic E-state index is 0.200. The van der Waals surface area contributed by atoms with Gasteiger partial charge >= 0.3 is 0 Å². The molecule has 2 nitrogen and oxygen atoms in total. The zero-order chi connectivity index (χ0) is 34.8. The minimum absolute atomic E-state index is 0.200. The van der Waals surface area contributed by atoms with Crippen LogP contribution in [-0.2, 0) is 6.42 Å². The molecule has 11 rings (SSSR count). The van der Waals surface area contributed by atoms with Gasteiger partial charge in [-0.05, 0) is 103 Å². The maximum absolute atomic E-state index is 5.39. The molecular formula is C48H35BN2S. The van der Waals surface area contributed by atoms with Crippen molar-refractivity contribution in [2.24, 2.45) is 0 Å². The van der Waals surface area contributed by atoms with Crippen molar-refractivity contribution in [2.75, 3.05) is 0 Å². The quantitative estimate of drug-likeness (QED) is 0.166. The van der Waals surface area contributed by atoms with Crippen LogP contribution in [-0.4, -0.2) is 16.1 Å². The molecule has 10 aromatic rings. The molecule has 7 aromatic carbocycles. The first-order valence-corrected chi connectivity index (χ1v) is 19.1. The number of nitrogens with zero attached hydrogens (tertiary/aromatic N) is 2. The minimum Gasteiger partial charge on any atom is -0.291 e. The van der Waals surface area contributed by atoms with Crippen molar-refractivity contribution >= 4 is 92.8 Å². The molecule has 0 saturated carbocycles. The number of imidazole rings is 1. The Kier molecular flexibility index (Phi) is 6.28. The van der Waals surface area contributed by atoms with Gasteiger partial charge in [0.05, 0.1) is 21.4 Å². The molecule has 0 aliphatic carbocycles. The first-order valence-electron chi connectivity index (χ1n) is 18.3. The lowest BCUT2D eigenvalue weighted by Gasteiger charge is -2.31. The molecule has 4 heteroatoms. The van der Waals surface area contributed by atoms with E-state index in [9.17, 15) is 0 Å². The van der Waals surface area contributed by atoms with E-state index in [0.29, 0.717) is 0 Å². The van der Waals surface area contributed by atoms with Gasteiger partial charge in [0.15, 0.2) is 5.65 Å². The van der Waals surface area contributed by atoms with E-state index in [4.69, 9.17) is 4.98 Å². The molecule has 0 radical (unpaired) electrons. The molecule has 1 aliphatic rings. The fourth-order valence-corrected chi connectivity index (χ4v) is 10.7. The number of benzene rings is 7. The second-order valence-corrected chi connectivity index (χ2v) is 16.1. The lowest BCUT2D eigenvalue weighted by Crippen LogP contribution is -2.58. The van der Waals surface area contributed by atoms with E-state index in [1.807, 2.05) is 11.3 Å². The van der Waals surface area contributed by atoms with Crippen LogP contribution in [0.15, 0.2) is 127 Å². The van der Waals surface area contributed by atoms with Crippen LogP contribution in [0.2, 0.25) is 0 Å².